The molecule has 2 rings (SSSR count). The van der Waals surface area contributed by atoms with Crippen molar-refractivity contribution >= 4 is 44.8 Å². The fraction of sp³-hybridized carbons (Fsp3) is 0. The summed E-state index contributed by atoms with van der Waals surface area (Å²) >= 11 is 0. The van der Waals surface area contributed by atoms with Crippen LogP contribution in [0.25, 0.3) is 0 Å². The number of benzene rings is 2. The van der Waals surface area contributed by atoms with E-state index in [9.17, 15) is 19.2 Å². The number of hydrogen-bond donors (Lipinski definition) is 2. The van der Waals surface area contributed by atoms with Crippen LogP contribution in [0.4, 0.5) is 0 Å². The van der Waals surface area contributed by atoms with E-state index < -0.39 is 23.9 Å². The normalized spacial score (nSPS) is 9.69. The highest BCUT2D eigenvalue weighted by Crippen LogP contribution is 2.14. The highest BCUT2D eigenvalue weighted by atomic mass is 28.3. The number of carbonyl (C=O) groups excluding carboxylic acids is 2. The van der Waals surface area contributed by atoms with Gasteiger partial charge in [-0.05, 0) is 24.3 Å². The predicted molar refractivity (Wildman–Crippen MR) is 97.5 cm³/mol. The highest BCUT2D eigenvalue weighted by Gasteiger charge is 2.23. The summed E-state index contributed by atoms with van der Waals surface area (Å²) in [4.78, 5) is 46.1. The molecule has 2 N–H and O–H groups in total. The summed E-state index contributed by atoms with van der Waals surface area (Å²) in [5.74, 6) is -5.05. The van der Waals surface area contributed by atoms with E-state index in [2.05, 4.69) is 8.85 Å². The van der Waals surface area contributed by atoms with Crippen LogP contribution in [-0.4, -0.2) is 55.1 Å². The zero-order chi connectivity index (χ0) is 19.7. The lowest BCUT2D eigenvalue weighted by Crippen LogP contribution is -2.18. The molecule has 136 valence electrons. The number of carboxylic acids is 2. The number of esters is 2. The van der Waals surface area contributed by atoms with Gasteiger partial charge in [-0.3, -0.25) is 0 Å². The van der Waals surface area contributed by atoms with Crippen LogP contribution in [0.5, 0.6) is 0 Å². The summed E-state index contributed by atoms with van der Waals surface area (Å²) in [5.41, 5.74) is -1.25. The van der Waals surface area contributed by atoms with Crippen molar-refractivity contribution in [2.24, 2.45) is 0 Å². The van der Waals surface area contributed by atoms with E-state index in [1.807, 2.05) is 0 Å². The maximum atomic E-state index is 12.0. The number of aromatic carboxylic acids is 2. The Hall–Kier alpha value is -3.09. The number of rotatable bonds is 4. The molecule has 0 atom stereocenters. The smallest absolute Gasteiger partial charge is 0.346 e. The summed E-state index contributed by atoms with van der Waals surface area (Å²) < 4.78 is 9.13. The summed E-state index contributed by atoms with van der Waals surface area (Å²) in [5, 5.41) is 18.0. The van der Waals surface area contributed by atoms with Crippen molar-refractivity contribution in [3.8, 4) is 0 Å². The Bertz CT molecular complexity index is 767. The molecule has 26 heavy (non-hydrogen) atoms. The van der Waals surface area contributed by atoms with Crippen molar-refractivity contribution in [2.75, 3.05) is 0 Å². The first-order valence-electron chi connectivity index (χ1n) is 7.14. The summed E-state index contributed by atoms with van der Waals surface area (Å²) in [6.45, 7) is 0. The van der Waals surface area contributed by atoms with E-state index in [0.29, 0.717) is 0 Å². The maximum Gasteiger partial charge on any atom is 0.346 e. The van der Waals surface area contributed by atoms with Gasteiger partial charge in [-0.15, -0.1) is 0 Å². The van der Waals surface area contributed by atoms with E-state index in [1.165, 1.54) is 48.5 Å². The molecule has 0 amide bonds. The number of carboxylic acid groups (broad SMARTS) is 2. The Labute approximate surface area is 154 Å². The summed E-state index contributed by atoms with van der Waals surface area (Å²) in [6.07, 6.45) is 0. The zero-order valence-electron chi connectivity index (χ0n) is 14.0. The van der Waals surface area contributed by atoms with Crippen LogP contribution in [0.15, 0.2) is 48.5 Å². The number of hydrogen-bond acceptors (Lipinski definition) is 6. The number of ether oxygens (including phenoxy) is 1. The minimum Gasteiger partial charge on any atom is -0.478 e. The Morgan fingerprint density at radius 3 is 1.19 bits per heavy atom. The minimum atomic E-state index is -1.35. The Morgan fingerprint density at radius 2 is 0.923 bits per heavy atom. The van der Waals surface area contributed by atoms with Crippen LogP contribution in [-0.2, 0) is 8.85 Å². The lowest BCUT2D eigenvalue weighted by molar-refractivity contribution is 0.0386. The maximum absolute atomic E-state index is 12.0. The van der Waals surface area contributed by atoms with E-state index in [-0.39, 0.29) is 22.3 Å². The molecule has 2 aromatic rings. The first kappa shape index (κ1) is 21.0. The SMILES string of the molecule is O=C(O)c1ccccc1C(=O)OC(=O)c1ccccc1C(=O)O.[SiH3]O[SiH3]. The first-order valence-corrected chi connectivity index (χ1v) is 8.78. The van der Waals surface area contributed by atoms with Gasteiger partial charge in [0.2, 0.25) is 0 Å². The third-order valence-corrected chi connectivity index (χ3v) is 2.94. The van der Waals surface area contributed by atoms with E-state index >= 15 is 0 Å². The van der Waals surface area contributed by atoms with Crippen LogP contribution < -0.4 is 0 Å². The molecule has 0 fully saturated rings. The molecule has 0 aromatic heterocycles. The zero-order valence-corrected chi connectivity index (χ0v) is 18.0. The van der Waals surface area contributed by atoms with Gasteiger partial charge in [-0.25, -0.2) is 19.2 Å². The van der Waals surface area contributed by atoms with Crippen LogP contribution in [0.3, 0.4) is 0 Å². The van der Waals surface area contributed by atoms with Crippen molar-refractivity contribution in [3.05, 3.63) is 70.8 Å². The molecule has 0 aliphatic carbocycles. The number of carbonyl (C=O) groups is 4. The Balaban J connectivity index is 0.00000105. The Kier molecular flexibility index (Phi) is 8.08. The van der Waals surface area contributed by atoms with Gasteiger partial charge in [0.05, 0.1) is 22.3 Å². The van der Waals surface area contributed by atoms with Crippen LogP contribution in [0, 0.1) is 0 Å². The van der Waals surface area contributed by atoms with E-state index in [1.54, 1.807) is 0 Å². The topological polar surface area (TPSA) is 127 Å². The van der Waals surface area contributed by atoms with E-state index in [0.717, 1.165) is 21.0 Å². The quantitative estimate of drug-likeness (QED) is 0.410. The molecule has 8 nitrogen and oxygen atoms in total. The molecular weight excluding hydrogens is 376 g/mol. The third kappa shape index (κ3) is 5.48. The molecule has 0 spiro atoms. The molecule has 0 unspecified atom stereocenters. The third-order valence-electron chi connectivity index (χ3n) is 2.94. The minimum absolute atomic E-state index is 0.304. The second-order valence-electron chi connectivity index (χ2n) is 4.79. The lowest BCUT2D eigenvalue weighted by atomic mass is 10.1. The molecule has 0 aliphatic heterocycles. The molecule has 10 heteroatoms. The Morgan fingerprint density at radius 1 is 0.654 bits per heavy atom. The molecular formula is C16H16O8Si2. The second kappa shape index (κ2) is 10.0. The van der Waals surface area contributed by atoms with Gasteiger partial charge in [0.15, 0.2) is 0 Å². The fourth-order valence-electron chi connectivity index (χ4n) is 1.89. The predicted octanol–water partition coefficient (Wildman–Crippen LogP) is -0.356. The van der Waals surface area contributed by atoms with Gasteiger partial charge >= 0.3 is 23.9 Å². The van der Waals surface area contributed by atoms with Crippen LogP contribution >= 0.6 is 0 Å². The molecule has 0 saturated heterocycles. The van der Waals surface area contributed by atoms with Gasteiger partial charge in [0, 0.05) is 0 Å². The highest BCUT2D eigenvalue weighted by molar-refractivity contribution is 6.15. The lowest BCUT2D eigenvalue weighted by Gasteiger charge is -2.07. The monoisotopic (exact) mass is 392 g/mol. The average Bonchev–Trinajstić information content (AvgIpc) is 2.62. The van der Waals surface area contributed by atoms with Gasteiger partial charge < -0.3 is 19.1 Å². The summed E-state index contributed by atoms with van der Waals surface area (Å²) in [6, 6.07) is 10.4. The van der Waals surface area contributed by atoms with E-state index in [4.69, 9.17) is 10.2 Å². The van der Waals surface area contributed by atoms with Gasteiger partial charge in [-0.2, -0.15) is 0 Å². The molecule has 0 heterocycles. The van der Waals surface area contributed by atoms with Crippen molar-refractivity contribution < 1.29 is 38.2 Å². The largest absolute Gasteiger partial charge is 0.478 e. The fourth-order valence-corrected chi connectivity index (χ4v) is 1.89. The van der Waals surface area contributed by atoms with Crippen LogP contribution in [0.2, 0.25) is 0 Å². The molecule has 0 aliphatic rings. The first-order chi connectivity index (χ1) is 12.3. The van der Waals surface area contributed by atoms with Gasteiger partial charge in [-0.1, -0.05) is 24.3 Å². The molecule has 0 bridgehead atoms. The second-order valence-corrected chi connectivity index (χ2v) is 8.05. The standard InChI is InChI=1S/C16H10O7.H6OSi2/c17-13(18)9-5-1-3-7-11(9)15(21)23-16(22)12-8-4-2-6-10(12)14(19)20;2-1-3/h1-8H,(H,17,18)(H,19,20);2-3H3. The molecule has 0 radical (unpaired) electrons. The van der Waals surface area contributed by atoms with Crippen molar-refractivity contribution in [1.82, 2.24) is 0 Å². The molecule has 0 saturated carbocycles. The average molecular weight is 392 g/mol. The van der Waals surface area contributed by atoms with Crippen molar-refractivity contribution in [2.45, 2.75) is 0 Å². The van der Waals surface area contributed by atoms with Gasteiger partial charge in [0.1, 0.15) is 21.0 Å². The van der Waals surface area contributed by atoms with Crippen molar-refractivity contribution in [1.29, 1.82) is 0 Å². The van der Waals surface area contributed by atoms with Gasteiger partial charge in [0.25, 0.3) is 0 Å². The summed E-state index contributed by atoms with van der Waals surface area (Å²) in [7, 11) is 1.86. The van der Waals surface area contributed by atoms with Crippen molar-refractivity contribution in [3.63, 3.8) is 0 Å². The molecule has 2 aromatic carbocycles. The van der Waals surface area contributed by atoms with Crippen LogP contribution in [0.1, 0.15) is 41.4 Å².